The molecule has 0 atom stereocenters. The predicted octanol–water partition coefficient (Wildman–Crippen LogP) is 3.50. The van der Waals surface area contributed by atoms with E-state index in [0.717, 1.165) is 17.4 Å². The fraction of sp³-hybridized carbons (Fsp3) is 0. The molecule has 2 rings (SSSR count). The highest BCUT2D eigenvalue weighted by atomic mass is 16.3. The summed E-state index contributed by atoms with van der Waals surface area (Å²) in [5.41, 5.74) is 1.87. The number of carbonyl (C=O) groups excluding carboxylic acids is 2. The lowest BCUT2D eigenvalue weighted by molar-refractivity contribution is -0.104. The number of carbonyl (C=O) groups is 2. The summed E-state index contributed by atoms with van der Waals surface area (Å²) in [4.78, 5) is 19.8. The molecule has 0 aliphatic rings. The van der Waals surface area contributed by atoms with Crippen molar-refractivity contribution in [3.8, 4) is 5.75 Å². The maximum absolute atomic E-state index is 9.91. The Morgan fingerprint density at radius 3 is 1.86 bits per heavy atom. The molecule has 0 saturated carbocycles. The monoisotopic (exact) mass is 280 g/mol. The number of benzene rings is 2. The molecule has 0 aliphatic heterocycles. The zero-order valence-electron chi connectivity index (χ0n) is 11.4. The third-order valence-corrected chi connectivity index (χ3v) is 2.40. The van der Waals surface area contributed by atoms with E-state index in [1.54, 1.807) is 36.4 Å². The molecule has 0 radical (unpaired) electrons. The number of phenolic OH excluding ortho intramolecular Hbond substituents is 1. The van der Waals surface area contributed by atoms with Gasteiger partial charge < -0.3 is 5.11 Å². The van der Waals surface area contributed by atoms with Gasteiger partial charge in [-0.05, 0) is 35.4 Å². The van der Waals surface area contributed by atoms with Gasteiger partial charge in [-0.2, -0.15) is 0 Å². The Balaban J connectivity index is 0.000000211. The zero-order valence-corrected chi connectivity index (χ0v) is 11.4. The summed E-state index contributed by atoms with van der Waals surface area (Å²) in [6.45, 7) is 0. The van der Waals surface area contributed by atoms with Crippen molar-refractivity contribution in [3.05, 3.63) is 77.9 Å². The summed E-state index contributed by atoms with van der Waals surface area (Å²) in [5.74, 6) is 0.207. The van der Waals surface area contributed by atoms with Crippen molar-refractivity contribution in [3.63, 3.8) is 0 Å². The maximum atomic E-state index is 9.91. The molecule has 0 amide bonds. The number of phenols is 1. The summed E-state index contributed by atoms with van der Waals surface area (Å²) < 4.78 is 0. The molecule has 0 aromatic heterocycles. The van der Waals surface area contributed by atoms with Crippen LogP contribution in [0.2, 0.25) is 0 Å². The third-order valence-electron chi connectivity index (χ3n) is 2.40. The summed E-state index contributed by atoms with van der Waals surface area (Å²) in [5, 5.41) is 8.99. The van der Waals surface area contributed by atoms with E-state index < -0.39 is 0 Å². The van der Waals surface area contributed by atoms with Crippen molar-refractivity contribution >= 4 is 24.7 Å². The second-order valence-corrected chi connectivity index (χ2v) is 4.00. The van der Waals surface area contributed by atoms with Gasteiger partial charge in [0.25, 0.3) is 0 Å². The number of hydrogen-bond acceptors (Lipinski definition) is 3. The van der Waals surface area contributed by atoms with Gasteiger partial charge in [0.05, 0.1) is 0 Å². The van der Waals surface area contributed by atoms with Crippen LogP contribution >= 0.6 is 0 Å². The number of rotatable bonds is 4. The largest absolute Gasteiger partial charge is 0.508 e. The number of allylic oxidation sites excluding steroid dienone is 2. The van der Waals surface area contributed by atoms with Crippen molar-refractivity contribution in [2.75, 3.05) is 0 Å². The summed E-state index contributed by atoms with van der Waals surface area (Å²) >= 11 is 0. The molecule has 0 unspecified atom stereocenters. The van der Waals surface area contributed by atoms with Gasteiger partial charge in [0.2, 0.25) is 0 Å². The first-order valence-corrected chi connectivity index (χ1v) is 6.34. The van der Waals surface area contributed by atoms with E-state index >= 15 is 0 Å². The molecule has 0 aliphatic carbocycles. The highest BCUT2D eigenvalue weighted by Crippen LogP contribution is 2.11. The fourth-order valence-electron chi connectivity index (χ4n) is 1.49. The van der Waals surface area contributed by atoms with E-state index in [0.29, 0.717) is 6.29 Å². The third kappa shape index (κ3) is 7.28. The van der Waals surface area contributed by atoms with Gasteiger partial charge in [0.15, 0.2) is 0 Å². The van der Waals surface area contributed by atoms with Gasteiger partial charge in [-0.25, -0.2) is 0 Å². The smallest absolute Gasteiger partial charge is 0.142 e. The van der Waals surface area contributed by atoms with Crippen LogP contribution in [0.15, 0.2) is 66.7 Å². The minimum atomic E-state index is 0.207. The van der Waals surface area contributed by atoms with Crippen molar-refractivity contribution < 1.29 is 14.7 Å². The Kier molecular flexibility index (Phi) is 7.61. The zero-order chi connectivity index (χ0) is 15.3. The molecule has 106 valence electrons. The number of aldehydes is 2. The van der Waals surface area contributed by atoms with Crippen LogP contribution in [-0.4, -0.2) is 17.7 Å². The Hall–Kier alpha value is -2.94. The van der Waals surface area contributed by atoms with Crippen molar-refractivity contribution in [2.24, 2.45) is 0 Å². The molecule has 1 N–H and O–H groups in total. The molecule has 2 aromatic carbocycles. The Morgan fingerprint density at radius 1 is 0.714 bits per heavy atom. The first-order chi connectivity index (χ1) is 10.3. The fourth-order valence-corrected chi connectivity index (χ4v) is 1.49. The van der Waals surface area contributed by atoms with Crippen LogP contribution in [0.25, 0.3) is 12.2 Å². The SMILES string of the molecule is O=C/C=C/c1cccc(O)c1.O=C/C=C/c1ccccc1. The highest BCUT2D eigenvalue weighted by molar-refractivity contribution is 5.74. The normalized spacial score (nSPS) is 10.1. The highest BCUT2D eigenvalue weighted by Gasteiger charge is 1.87. The van der Waals surface area contributed by atoms with Gasteiger partial charge >= 0.3 is 0 Å². The van der Waals surface area contributed by atoms with Crippen molar-refractivity contribution in [1.29, 1.82) is 0 Å². The quantitative estimate of drug-likeness (QED) is 0.689. The second kappa shape index (κ2) is 9.92. The average Bonchev–Trinajstić information content (AvgIpc) is 2.53. The van der Waals surface area contributed by atoms with E-state index in [1.165, 1.54) is 12.2 Å². The lowest BCUT2D eigenvalue weighted by Gasteiger charge is -1.92. The van der Waals surface area contributed by atoms with E-state index in [-0.39, 0.29) is 5.75 Å². The molecule has 0 saturated heterocycles. The maximum Gasteiger partial charge on any atom is 0.142 e. The van der Waals surface area contributed by atoms with Gasteiger partial charge in [0.1, 0.15) is 18.3 Å². The first kappa shape index (κ1) is 16.1. The molecule has 0 spiro atoms. The van der Waals surface area contributed by atoms with Crippen LogP contribution in [0.5, 0.6) is 5.75 Å². The average molecular weight is 280 g/mol. The molecule has 0 bridgehead atoms. The Morgan fingerprint density at radius 2 is 1.29 bits per heavy atom. The van der Waals surface area contributed by atoms with Crippen LogP contribution in [0.1, 0.15) is 11.1 Å². The summed E-state index contributed by atoms with van der Waals surface area (Å²) in [6.07, 6.45) is 7.74. The number of aromatic hydroxyl groups is 1. The van der Waals surface area contributed by atoms with E-state index in [1.807, 2.05) is 30.3 Å². The molecular weight excluding hydrogens is 264 g/mol. The minimum Gasteiger partial charge on any atom is -0.508 e. The van der Waals surface area contributed by atoms with Crippen molar-refractivity contribution in [2.45, 2.75) is 0 Å². The molecule has 3 nitrogen and oxygen atoms in total. The van der Waals surface area contributed by atoms with Crippen molar-refractivity contribution in [1.82, 2.24) is 0 Å². The second-order valence-electron chi connectivity index (χ2n) is 4.00. The lowest BCUT2D eigenvalue weighted by Crippen LogP contribution is -1.70. The van der Waals surface area contributed by atoms with E-state index in [2.05, 4.69) is 0 Å². The summed E-state index contributed by atoms with van der Waals surface area (Å²) in [6, 6.07) is 16.4. The molecule has 3 heteroatoms. The first-order valence-electron chi connectivity index (χ1n) is 6.34. The van der Waals surface area contributed by atoms with Gasteiger partial charge in [-0.3, -0.25) is 9.59 Å². The molecule has 2 aromatic rings. The topological polar surface area (TPSA) is 54.4 Å². The molecule has 21 heavy (non-hydrogen) atoms. The van der Waals surface area contributed by atoms with E-state index in [4.69, 9.17) is 5.11 Å². The van der Waals surface area contributed by atoms with Gasteiger partial charge in [0, 0.05) is 0 Å². The van der Waals surface area contributed by atoms with Crippen LogP contribution in [-0.2, 0) is 9.59 Å². The van der Waals surface area contributed by atoms with Crippen LogP contribution in [0.3, 0.4) is 0 Å². The molecule has 0 heterocycles. The number of hydrogen-bond donors (Lipinski definition) is 1. The Labute approximate surface area is 123 Å². The van der Waals surface area contributed by atoms with Gasteiger partial charge in [-0.15, -0.1) is 0 Å². The minimum absolute atomic E-state index is 0.207. The Bertz CT molecular complexity index is 613. The van der Waals surface area contributed by atoms with Crippen LogP contribution in [0.4, 0.5) is 0 Å². The standard InChI is InChI=1S/C9H8O2.C9H8O/c10-6-2-4-8-3-1-5-9(11)7-8;10-8-4-7-9-5-2-1-3-6-9/h1-7,11H;1-8H/b4-2+;7-4+. The van der Waals surface area contributed by atoms with E-state index in [9.17, 15) is 9.59 Å². The predicted molar refractivity (Wildman–Crippen MR) is 84.7 cm³/mol. The molecule has 0 fully saturated rings. The molecular formula is C18H16O3. The summed E-state index contributed by atoms with van der Waals surface area (Å²) in [7, 11) is 0. The van der Waals surface area contributed by atoms with Crippen LogP contribution < -0.4 is 0 Å². The van der Waals surface area contributed by atoms with Gasteiger partial charge in [-0.1, -0.05) is 54.6 Å². The lowest BCUT2D eigenvalue weighted by atomic mass is 10.2. The van der Waals surface area contributed by atoms with Crippen LogP contribution in [0, 0.1) is 0 Å².